The number of nitrogens with one attached hydrogen (secondary N) is 1. The minimum atomic E-state index is -0.935. The number of carboxylic acids is 1. The zero-order valence-corrected chi connectivity index (χ0v) is 17.0. The average Bonchev–Trinajstić information content (AvgIpc) is 2.51. The first-order chi connectivity index (χ1) is 11.8. The second kappa shape index (κ2) is 15.2. The van der Waals surface area contributed by atoms with Gasteiger partial charge in [0.15, 0.2) is 0 Å². The summed E-state index contributed by atoms with van der Waals surface area (Å²) in [5, 5.41) is 11.8. The summed E-state index contributed by atoms with van der Waals surface area (Å²) in [6.45, 7) is 8.50. The second-order valence-corrected chi connectivity index (χ2v) is 8.20. The van der Waals surface area contributed by atoms with Gasteiger partial charge < -0.3 is 10.4 Å². The Morgan fingerprint density at radius 1 is 0.760 bits per heavy atom. The maximum absolute atomic E-state index is 11.8. The van der Waals surface area contributed by atoms with Crippen LogP contribution in [0.5, 0.6) is 0 Å². The third kappa shape index (κ3) is 16.2. The van der Waals surface area contributed by atoms with Crippen molar-refractivity contribution in [3.63, 3.8) is 0 Å². The molecular weight excluding hydrogens is 314 g/mol. The van der Waals surface area contributed by atoms with Gasteiger partial charge in [0.1, 0.15) is 6.04 Å². The van der Waals surface area contributed by atoms with Crippen molar-refractivity contribution in [3.05, 3.63) is 0 Å². The Bertz CT molecular complexity index is 353. The van der Waals surface area contributed by atoms with E-state index >= 15 is 0 Å². The minimum absolute atomic E-state index is 0.127. The molecule has 0 heterocycles. The van der Waals surface area contributed by atoms with Crippen LogP contribution in [-0.2, 0) is 9.59 Å². The van der Waals surface area contributed by atoms with E-state index in [1.807, 2.05) is 13.8 Å². The van der Waals surface area contributed by atoms with Crippen LogP contribution in [0.4, 0.5) is 0 Å². The third-order valence-corrected chi connectivity index (χ3v) is 4.53. The third-order valence-electron chi connectivity index (χ3n) is 4.53. The lowest BCUT2D eigenvalue weighted by Crippen LogP contribution is -2.41. The van der Waals surface area contributed by atoms with Gasteiger partial charge in [-0.3, -0.25) is 4.79 Å². The van der Waals surface area contributed by atoms with Crippen LogP contribution >= 0.6 is 0 Å². The van der Waals surface area contributed by atoms with Crippen molar-refractivity contribution < 1.29 is 14.7 Å². The molecule has 0 spiro atoms. The highest BCUT2D eigenvalue weighted by molar-refractivity contribution is 5.83. The standard InChI is InChI=1S/C21H41NO3/c1-17(2)14-12-10-8-6-5-7-9-11-13-15-20(23)22-19(21(24)25)16-18(3)4/h17-19H,5-16H2,1-4H3,(H,22,23)(H,24,25). The van der Waals surface area contributed by atoms with Crippen LogP contribution < -0.4 is 5.32 Å². The van der Waals surface area contributed by atoms with Crippen molar-refractivity contribution in [3.8, 4) is 0 Å². The average molecular weight is 356 g/mol. The first kappa shape index (κ1) is 23.9. The summed E-state index contributed by atoms with van der Waals surface area (Å²) in [4.78, 5) is 23.0. The van der Waals surface area contributed by atoms with Gasteiger partial charge in [-0.25, -0.2) is 4.79 Å². The summed E-state index contributed by atoms with van der Waals surface area (Å²) < 4.78 is 0. The van der Waals surface area contributed by atoms with Crippen LogP contribution in [0.15, 0.2) is 0 Å². The van der Waals surface area contributed by atoms with E-state index in [-0.39, 0.29) is 11.8 Å². The molecule has 148 valence electrons. The molecule has 1 unspecified atom stereocenters. The zero-order valence-electron chi connectivity index (χ0n) is 17.0. The van der Waals surface area contributed by atoms with Gasteiger partial charge in [0.25, 0.3) is 0 Å². The van der Waals surface area contributed by atoms with Crippen molar-refractivity contribution in [1.29, 1.82) is 0 Å². The number of aliphatic carboxylic acids is 1. The number of unbranched alkanes of at least 4 members (excludes halogenated alkanes) is 8. The molecule has 0 aliphatic rings. The minimum Gasteiger partial charge on any atom is -0.480 e. The fourth-order valence-corrected chi connectivity index (χ4v) is 3.03. The molecule has 0 saturated carbocycles. The molecule has 0 aliphatic heterocycles. The van der Waals surface area contributed by atoms with Crippen molar-refractivity contribution >= 4 is 11.9 Å². The molecule has 0 aromatic heterocycles. The van der Waals surface area contributed by atoms with E-state index in [9.17, 15) is 9.59 Å². The van der Waals surface area contributed by atoms with Crippen LogP contribution in [0.3, 0.4) is 0 Å². The van der Waals surface area contributed by atoms with Gasteiger partial charge in [-0.05, 0) is 24.7 Å². The van der Waals surface area contributed by atoms with E-state index in [1.54, 1.807) is 0 Å². The Hall–Kier alpha value is -1.06. The Kier molecular flexibility index (Phi) is 14.6. The van der Waals surface area contributed by atoms with Crippen LogP contribution in [0.25, 0.3) is 0 Å². The predicted octanol–water partition coefficient (Wildman–Crippen LogP) is 5.55. The Morgan fingerprint density at radius 2 is 1.24 bits per heavy atom. The number of rotatable bonds is 16. The summed E-state index contributed by atoms with van der Waals surface area (Å²) in [6.07, 6.45) is 13.3. The SMILES string of the molecule is CC(C)CCCCCCCCCCCC(=O)NC(CC(C)C)C(=O)O. The highest BCUT2D eigenvalue weighted by atomic mass is 16.4. The van der Waals surface area contributed by atoms with Crippen LogP contribution in [0, 0.1) is 11.8 Å². The van der Waals surface area contributed by atoms with E-state index in [0.29, 0.717) is 12.8 Å². The number of hydrogen-bond acceptors (Lipinski definition) is 2. The smallest absolute Gasteiger partial charge is 0.326 e. The van der Waals surface area contributed by atoms with Crippen molar-refractivity contribution in [2.45, 2.75) is 111 Å². The van der Waals surface area contributed by atoms with Crippen LogP contribution in [0.2, 0.25) is 0 Å². The summed E-state index contributed by atoms with van der Waals surface area (Å²) in [5.41, 5.74) is 0. The fraction of sp³-hybridized carbons (Fsp3) is 0.905. The molecule has 0 radical (unpaired) electrons. The highest BCUT2D eigenvalue weighted by Gasteiger charge is 2.20. The molecule has 4 nitrogen and oxygen atoms in total. The molecule has 2 N–H and O–H groups in total. The highest BCUT2D eigenvalue weighted by Crippen LogP contribution is 2.13. The van der Waals surface area contributed by atoms with Crippen molar-refractivity contribution in [1.82, 2.24) is 5.32 Å². The van der Waals surface area contributed by atoms with E-state index in [2.05, 4.69) is 19.2 Å². The maximum Gasteiger partial charge on any atom is 0.326 e. The molecule has 0 aliphatic carbocycles. The van der Waals surface area contributed by atoms with E-state index in [0.717, 1.165) is 18.8 Å². The molecule has 0 fully saturated rings. The molecule has 1 amide bonds. The lowest BCUT2D eigenvalue weighted by atomic mass is 10.0. The lowest BCUT2D eigenvalue weighted by molar-refractivity contribution is -0.142. The number of carbonyl (C=O) groups excluding carboxylic acids is 1. The van der Waals surface area contributed by atoms with Gasteiger partial charge in [0, 0.05) is 6.42 Å². The number of carboxylic acid groups (broad SMARTS) is 1. The Balaban J connectivity index is 3.52. The quantitative estimate of drug-likeness (QED) is 0.357. The first-order valence-electron chi connectivity index (χ1n) is 10.3. The fourth-order valence-electron chi connectivity index (χ4n) is 3.03. The zero-order chi connectivity index (χ0) is 19.1. The van der Waals surface area contributed by atoms with Crippen molar-refractivity contribution in [2.24, 2.45) is 11.8 Å². The molecule has 25 heavy (non-hydrogen) atoms. The molecule has 1 atom stereocenters. The lowest BCUT2D eigenvalue weighted by Gasteiger charge is -2.16. The monoisotopic (exact) mass is 355 g/mol. The van der Waals surface area contributed by atoms with Gasteiger partial charge in [0.05, 0.1) is 0 Å². The summed E-state index contributed by atoms with van der Waals surface area (Å²) in [6, 6.07) is -0.747. The van der Waals surface area contributed by atoms with Gasteiger partial charge in [0.2, 0.25) is 5.91 Å². The molecule has 0 bridgehead atoms. The number of carbonyl (C=O) groups is 2. The summed E-state index contributed by atoms with van der Waals surface area (Å²) in [5.74, 6) is 0.0220. The van der Waals surface area contributed by atoms with E-state index in [4.69, 9.17) is 5.11 Å². The van der Waals surface area contributed by atoms with E-state index in [1.165, 1.54) is 51.4 Å². The van der Waals surface area contributed by atoms with Gasteiger partial charge in [-0.2, -0.15) is 0 Å². The van der Waals surface area contributed by atoms with Crippen LogP contribution in [-0.4, -0.2) is 23.0 Å². The topological polar surface area (TPSA) is 66.4 Å². The molecular formula is C21H41NO3. The molecule has 0 aromatic rings. The van der Waals surface area contributed by atoms with Gasteiger partial charge >= 0.3 is 5.97 Å². The molecule has 0 saturated heterocycles. The normalized spacial score (nSPS) is 12.6. The molecule has 0 rings (SSSR count). The van der Waals surface area contributed by atoms with Gasteiger partial charge in [-0.1, -0.05) is 85.5 Å². The van der Waals surface area contributed by atoms with Crippen molar-refractivity contribution in [2.75, 3.05) is 0 Å². The summed E-state index contributed by atoms with van der Waals surface area (Å²) in [7, 11) is 0. The number of hydrogen-bond donors (Lipinski definition) is 2. The second-order valence-electron chi connectivity index (χ2n) is 8.20. The first-order valence-corrected chi connectivity index (χ1v) is 10.3. The van der Waals surface area contributed by atoms with Gasteiger partial charge in [-0.15, -0.1) is 0 Å². The molecule has 4 heteroatoms. The Morgan fingerprint density at radius 3 is 1.68 bits per heavy atom. The van der Waals surface area contributed by atoms with E-state index < -0.39 is 12.0 Å². The Labute approximate surface area is 155 Å². The largest absolute Gasteiger partial charge is 0.480 e. The molecule has 0 aromatic carbocycles. The van der Waals surface area contributed by atoms with Crippen LogP contribution in [0.1, 0.15) is 105 Å². The summed E-state index contributed by atoms with van der Waals surface area (Å²) >= 11 is 0. The maximum atomic E-state index is 11.8. The number of amides is 1. The predicted molar refractivity (Wildman–Crippen MR) is 105 cm³/mol.